The first-order valence-corrected chi connectivity index (χ1v) is 18.7. The second kappa shape index (κ2) is 21.7. The molecule has 44 heavy (non-hydrogen) atoms. The van der Waals surface area contributed by atoms with Crippen molar-refractivity contribution in [3.8, 4) is 0 Å². The molecule has 0 radical (unpaired) electrons. The van der Waals surface area contributed by atoms with Crippen LogP contribution in [0, 0.1) is 5.92 Å². The van der Waals surface area contributed by atoms with Gasteiger partial charge < -0.3 is 29.2 Å². The van der Waals surface area contributed by atoms with Gasteiger partial charge in [0.05, 0.1) is 42.5 Å². The quantitative estimate of drug-likeness (QED) is 0.0782. The first-order valence-electron chi connectivity index (χ1n) is 18.7. The van der Waals surface area contributed by atoms with Gasteiger partial charge in [-0.3, -0.25) is 4.79 Å². The van der Waals surface area contributed by atoms with Crippen LogP contribution < -0.4 is 0 Å². The molecule has 0 aromatic carbocycles. The largest absolute Gasteiger partial charge is 0.462 e. The SMILES string of the molecule is CCCCCCCCCC[C@H](O)C1CC[C@H](C2CC[C@H]([C@H](O)CCCCCCCCCC[C@@H]3C[C@@H](CC(C)=O)C(=O)O3)O2)O1. The van der Waals surface area contributed by atoms with Crippen molar-refractivity contribution >= 4 is 11.8 Å². The van der Waals surface area contributed by atoms with Crippen molar-refractivity contribution in [3.63, 3.8) is 0 Å². The van der Waals surface area contributed by atoms with Crippen molar-refractivity contribution in [1.29, 1.82) is 0 Å². The van der Waals surface area contributed by atoms with Crippen LogP contribution in [0.5, 0.6) is 0 Å². The van der Waals surface area contributed by atoms with Crippen molar-refractivity contribution < 1.29 is 34.0 Å². The third-order valence-electron chi connectivity index (χ3n) is 10.3. The standard InChI is InChI=1S/C37H66O7/c1-3-4-5-6-7-11-14-17-20-31(39)33-22-24-35(43-33)36-25-23-34(44-36)32(40)21-18-15-12-9-8-10-13-16-19-30-27-29(26-28(2)38)37(41)42-30/h29-36,39-40H,3-27H2,1-2H3/t29-,30-,31+,32-,33?,34-,35-,36?/m1/s1. The molecule has 3 heterocycles. The summed E-state index contributed by atoms with van der Waals surface area (Å²) in [5.41, 5.74) is 0. The first kappa shape index (κ1) is 37.4. The number of ketones is 1. The highest BCUT2D eigenvalue weighted by Crippen LogP contribution is 2.35. The first-order chi connectivity index (χ1) is 21.4. The van der Waals surface area contributed by atoms with Crippen LogP contribution in [0.1, 0.15) is 174 Å². The molecule has 0 spiro atoms. The molecule has 0 aromatic heterocycles. The van der Waals surface area contributed by atoms with E-state index in [1.165, 1.54) is 77.6 Å². The van der Waals surface area contributed by atoms with E-state index in [4.69, 9.17) is 14.2 Å². The van der Waals surface area contributed by atoms with E-state index in [9.17, 15) is 19.8 Å². The number of aliphatic hydroxyl groups excluding tert-OH is 2. The van der Waals surface area contributed by atoms with Gasteiger partial charge in [-0.05, 0) is 64.7 Å². The Morgan fingerprint density at radius 1 is 0.705 bits per heavy atom. The predicted molar refractivity (Wildman–Crippen MR) is 174 cm³/mol. The number of esters is 1. The van der Waals surface area contributed by atoms with Gasteiger partial charge in [0.15, 0.2) is 0 Å². The maximum absolute atomic E-state index is 11.9. The van der Waals surface area contributed by atoms with Gasteiger partial charge in [0.25, 0.3) is 0 Å². The van der Waals surface area contributed by atoms with Gasteiger partial charge in [0.1, 0.15) is 11.9 Å². The summed E-state index contributed by atoms with van der Waals surface area (Å²) in [6, 6.07) is 0. The monoisotopic (exact) mass is 622 g/mol. The van der Waals surface area contributed by atoms with Gasteiger partial charge in [-0.15, -0.1) is 0 Å². The predicted octanol–water partition coefficient (Wildman–Crippen LogP) is 8.15. The number of ether oxygens (including phenoxy) is 3. The molecule has 3 saturated heterocycles. The van der Waals surface area contributed by atoms with Crippen molar-refractivity contribution in [1.82, 2.24) is 0 Å². The third kappa shape index (κ3) is 14.2. The summed E-state index contributed by atoms with van der Waals surface area (Å²) in [4.78, 5) is 23.1. The van der Waals surface area contributed by atoms with Crippen LogP contribution >= 0.6 is 0 Å². The number of aliphatic hydroxyl groups is 2. The number of unbranched alkanes of at least 4 members (excludes halogenated alkanes) is 14. The fourth-order valence-electron chi connectivity index (χ4n) is 7.55. The fourth-order valence-corrected chi connectivity index (χ4v) is 7.55. The lowest BCUT2D eigenvalue weighted by molar-refractivity contribution is -0.145. The summed E-state index contributed by atoms with van der Waals surface area (Å²) in [7, 11) is 0. The molecule has 0 aromatic rings. The van der Waals surface area contributed by atoms with Crippen LogP contribution in [0.15, 0.2) is 0 Å². The minimum absolute atomic E-state index is 0.00211. The Morgan fingerprint density at radius 2 is 1.16 bits per heavy atom. The van der Waals surface area contributed by atoms with Crippen LogP contribution in [-0.4, -0.2) is 64.7 Å². The third-order valence-corrected chi connectivity index (χ3v) is 10.3. The number of carbonyl (C=O) groups excluding carboxylic acids is 2. The molecule has 0 bridgehead atoms. The zero-order chi connectivity index (χ0) is 31.6. The van der Waals surface area contributed by atoms with E-state index >= 15 is 0 Å². The molecule has 3 aliphatic heterocycles. The van der Waals surface area contributed by atoms with Crippen LogP contribution in [0.2, 0.25) is 0 Å². The lowest BCUT2D eigenvalue weighted by Crippen LogP contribution is -2.33. The molecule has 2 unspecified atom stereocenters. The van der Waals surface area contributed by atoms with E-state index in [-0.39, 0.29) is 54.3 Å². The van der Waals surface area contributed by atoms with Gasteiger partial charge in [-0.1, -0.05) is 103 Å². The average Bonchev–Trinajstić information content (AvgIpc) is 3.75. The Kier molecular flexibility index (Phi) is 18.5. The molecule has 3 aliphatic rings. The molecule has 3 rings (SSSR count). The minimum Gasteiger partial charge on any atom is -0.462 e. The van der Waals surface area contributed by atoms with Crippen molar-refractivity contribution in [2.24, 2.45) is 5.92 Å². The summed E-state index contributed by atoms with van der Waals surface area (Å²) < 4.78 is 18.0. The smallest absolute Gasteiger partial charge is 0.309 e. The molecule has 0 aliphatic carbocycles. The average molecular weight is 623 g/mol. The van der Waals surface area contributed by atoms with E-state index in [1.807, 2.05) is 0 Å². The van der Waals surface area contributed by atoms with E-state index in [0.29, 0.717) is 12.8 Å². The number of hydrogen-bond donors (Lipinski definition) is 2. The normalized spacial score (nSPS) is 28.4. The van der Waals surface area contributed by atoms with E-state index in [1.54, 1.807) is 0 Å². The summed E-state index contributed by atoms with van der Waals surface area (Å²) in [6.07, 6.45) is 26.0. The lowest BCUT2D eigenvalue weighted by atomic mass is 9.96. The molecule has 7 heteroatoms. The van der Waals surface area contributed by atoms with Crippen molar-refractivity contribution in [2.45, 2.75) is 217 Å². The molecule has 0 saturated carbocycles. The van der Waals surface area contributed by atoms with Gasteiger partial charge >= 0.3 is 5.97 Å². The number of carbonyl (C=O) groups is 2. The van der Waals surface area contributed by atoms with Crippen LogP contribution in [-0.2, 0) is 23.8 Å². The Bertz CT molecular complexity index is 788. The molecular weight excluding hydrogens is 556 g/mol. The molecular formula is C37H66O7. The zero-order valence-electron chi connectivity index (χ0n) is 28.2. The summed E-state index contributed by atoms with van der Waals surface area (Å²) >= 11 is 0. The number of cyclic esters (lactones) is 1. The van der Waals surface area contributed by atoms with Crippen molar-refractivity contribution in [2.75, 3.05) is 0 Å². The topological polar surface area (TPSA) is 102 Å². The Hall–Kier alpha value is -1.02. The highest BCUT2D eigenvalue weighted by Gasteiger charge is 2.40. The second-order valence-electron chi connectivity index (χ2n) is 14.3. The maximum Gasteiger partial charge on any atom is 0.309 e. The molecule has 256 valence electrons. The fraction of sp³-hybridized carbons (Fsp3) is 0.946. The molecule has 2 N–H and O–H groups in total. The number of Topliss-reactive ketones (excluding diaryl/α,β-unsaturated/α-hetero) is 1. The van der Waals surface area contributed by atoms with E-state index in [2.05, 4.69) is 6.92 Å². The summed E-state index contributed by atoms with van der Waals surface area (Å²) in [5.74, 6) is -0.348. The maximum atomic E-state index is 11.9. The summed E-state index contributed by atoms with van der Waals surface area (Å²) in [5, 5.41) is 21.4. The van der Waals surface area contributed by atoms with E-state index in [0.717, 1.165) is 77.0 Å². The van der Waals surface area contributed by atoms with Crippen LogP contribution in [0.25, 0.3) is 0 Å². The Balaban J connectivity index is 1.13. The second-order valence-corrected chi connectivity index (χ2v) is 14.3. The molecule has 0 amide bonds. The number of hydrogen-bond acceptors (Lipinski definition) is 7. The number of rotatable bonds is 25. The molecule has 3 fully saturated rings. The van der Waals surface area contributed by atoms with Crippen molar-refractivity contribution in [3.05, 3.63) is 0 Å². The van der Waals surface area contributed by atoms with E-state index < -0.39 is 6.10 Å². The van der Waals surface area contributed by atoms with Crippen LogP contribution in [0.4, 0.5) is 0 Å². The van der Waals surface area contributed by atoms with Crippen LogP contribution in [0.3, 0.4) is 0 Å². The zero-order valence-corrected chi connectivity index (χ0v) is 28.2. The van der Waals surface area contributed by atoms with Gasteiger partial charge in [-0.2, -0.15) is 0 Å². The Morgan fingerprint density at radius 3 is 1.64 bits per heavy atom. The highest BCUT2D eigenvalue weighted by atomic mass is 16.6. The lowest BCUT2D eigenvalue weighted by Gasteiger charge is -2.24. The molecule has 8 atom stereocenters. The van der Waals surface area contributed by atoms with Gasteiger partial charge in [-0.25, -0.2) is 0 Å². The van der Waals surface area contributed by atoms with Gasteiger partial charge in [0, 0.05) is 6.42 Å². The highest BCUT2D eigenvalue weighted by molar-refractivity contribution is 5.83. The minimum atomic E-state index is -0.399. The summed E-state index contributed by atoms with van der Waals surface area (Å²) in [6.45, 7) is 3.79. The Labute approximate surface area is 268 Å². The van der Waals surface area contributed by atoms with Gasteiger partial charge in [0.2, 0.25) is 0 Å². The molecule has 7 nitrogen and oxygen atoms in total.